The number of carbonyl (C=O) groups is 1. The first-order chi connectivity index (χ1) is 14.1. The van der Waals surface area contributed by atoms with Gasteiger partial charge in [0.2, 0.25) is 0 Å². The standard InChI is InChI=1S/C19H21N3O.C4H8O2/c1-4-22-19-12-17(23-3)9-10-18(19)15(13-20)11-14-5-7-16(21-2)8-6-14;1-2-3-6-4-5/h5-12,21-22H,4H2,1-3H3;4H,2-3H2,1H3/b15-11+;. The van der Waals surface area contributed by atoms with Crippen molar-refractivity contribution in [2.45, 2.75) is 20.3 Å². The second-order valence-corrected chi connectivity index (χ2v) is 5.95. The van der Waals surface area contributed by atoms with Crippen molar-refractivity contribution in [1.29, 1.82) is 5.26 Å². The zero-order valence-electron chi connectivity index (χ0n) is 17.5. The van der Waals surface area contributed by atoms with Gasteiger partial charge in [0, 0.05) is 36.6 Å². The minimum Gasteiger partial charge on any atom is -0.497 e. The molecular weight excluding hydrogens is 366 g/mol. The van der Waals surface area contributed by atoms with Gasteiger partial charge in [-0.15, -0.1) is 0 Å². The molecule has 0 bridgehead atoms. The fourth-order valence-corrected chi connectivity index (χ4v) is 2.47. The summed E-state index contributed by atoms with van der Waals surface area (Å²) in [4.78, 5) is 9.34. The van der Waals surface area contributed by atoms with Crippen LogP contribution in [0.15, 0.2) is 42.5 Å². The van der Waals surface area contributed by atoms with Gasteiger partial charge in [0.1, 0.15) is 5.75 Å². The summed E-state index contributed by atoms with van der Waals surface area (Å²) in [6, 6.07) is 15.9. The van der Waals surface area contributed by atoms with Crippen LogP contribution in [0.25, 0.3) is 11.6 Å². The summed E-state index contributed by atoms with van der Waals surface area (Å²) in [5.41, 5.74) is 4.40. The maximum Gasteiger partial charge on any atom is 0.293 e. The highest BCUT2D eigenvalue weighted by Crippen LogP contribution is 2.29. The third-order valence-corrected chi connectivity index (χ3v) is 3.90. The molecular formula is C23H29N3O3. The molecule has 0 aromatic heterocycles. The number of hydrogen-bond acceptors (Lipinski definition) is 6. The van der Waals surface area contributed by atoms with E-state index >= 15 is 0 Å². The number of benzene rings is 2. The highest BCUT2D eigenvalue weighted by Gasteiger charge is 2.09. The molecule has 0 atom stereocenters. The molecule has 6 heteroatoms. The Morgan fingerprint density at radius 1 is 1.17 bits per heavy atom. The van der Waals surface area contributed by atoms with Crippen LogP contribution in [0.5, 0.6) is 5.75 Å². The number of nitriles is 1. The van der Waals surface area contributed by atoms with Gasteiger partial charge >= 0.3 is 0 Å². The van der Waals surface area contributed by atoms with E-state index in [9.17, 15) is 10.1 Å². The fraction of sp³-hybridized carbons (Fsp3) is 0.304. The van der Waals surface area contributed by atoms with Gasteiger partial charge in [-0.3, -0.25) is 4.79 Å². The summed E-state index contributed by atoms with van der Waals surface area (Å²) in [5.74, 6) is 0.764. The van der Waals surface area contributed by atoms with E-state index in [2.05, 4.69) is 21.4 Å². The molecule has 0 saturated heterocycles. The summed E-state index contributed by atoms with van der Waals surface area (Å²) in [5, 5.41) is 15.9. The Kier molecular flexibility index (Phi) is 11.1. The number of carbonyl (C=O) groups excluding carboxylic acids is 1. The molecule has 0 amide bonds. The number of methoxy groups -OCH3 is 1. The summed E-state index contributed by atoms with van der Waals surface area (Å²) < 4.78 is 9.57. The zero-order valence-corrected chi connectivity index (χ0v) is 17.5. The van der Waals surface area contributed by atoms with Crippen LogP contribution < -0.4 is 15.4 Å². The van der Waals surface area contributed by atoms with Crippen molar-refractivity contribution in [3.8, 4) is 11.8 Å². The first kappa shape index (κ1) is 23.6. The van der Waals surface area contributed by atoms with Gasteiger partial charge in [0.05, 0.1) is 25.4 Å². The molecule has 0 aliphatic heterocycles. The Morgan fingerprint density at radius 2 is 1.90 bits per heavy atom. The van der Waals surface area contributed by atoms with Crippen molar-refractivity contribution in [1.82, 2.24) is 0 Å². The molecule has 0 unspecified atom stereocenters. The van der Waals surface area contributed by atoms with Crippen LogP contribution in [-0.2, 0) is 9.53 Å². The van der Waals surface area contributed by atoms with E-state index < -0.39 is 0 Å². The molecule has 0 aliphatic rings. The monoisotopic (exact) mass is 395 g/mol. The van der Waals surface area contributed by atoms with Crippen LogP contribution in [0.4, 0.5) is 11.4 Å². The average molecular weight is 396 g/mol. The van der Waals surface area contributed by atoms with Crippen LogP contribution in [0.2, 0.25) is 0 Å². The number of hydrogen-bond donors (Lipinski definition) is 2. The molecule has 0 saturated carbocycles. The molecule has 2 aromatic carbocycles. The molecule has 6 nitrogen and oxygen atoms in total. The van der Waals surface area contributed by atoms with Gasteiger partial charge in [-0.05, 0) is 49.2 Å². The molecule has 0 aliphatic carbocycles. The number of rotatable bonds is 9. The molecule has 0 spiro atoms. The molecule has 2 N–H and O–H groups in total. The highest BCUT2D eigenvalue weighted by atomic mass is 16.5. The normalized spacial score (nSPS) is 10.1. The van der Waals surface area contributed by atoms with E-state index in [4.69, 9.17) is 4.74 Å². The van der Waals surface area contributed by atoms with Crippen LogP contribution >= 0.6 is 0 Å². The van der Waals surface area contributed by atoms with Gasteiger partial charge in [-0.25, -0.2) is 0 Å². The SMILES string of the molecule is CCCOC=O.CCNc1cc(OC)ccc1/C(C#N)=C/c1ccc(NC)cc1. The summed E-state index contributed by atoms with van der Waals surface area (Å²) in [6.45, 7) is 5.75. The van der Waals surface area contributed by atoms with E-state index in [0.29, 0.717) is 18.7 Å². The second-order valence-electron chi connectivity index (χ2n) is 5.95. The Hall–Kier alpha value is -3.46. The zero-order chi connectivity index (χ0) is 21.5. The first-order valence-corrected chi connectivity index (χ1v) is 9.50. The topological polar surface area (TPSA) is 83.4 Å². The minimum absolute atomic E-state index is 0.462. The molecule has 154 valence electrons. The molecule has 0 radical (unpaired) electrons. The smallest absolute Gasteiger partial charge is 0.293 e. The third kappa shape index (κ3) is 7.97. The Morgan fingerprint density at radius 3 is 2.38 bits per heavy atom. The number of ether oxygens (including phenoxy) is 2. The van der Waals surface area contributed by atoms with Gasteiger partial charge in [-0.2, -0.15) is 5.26 Å². The van der Waals surface area contributed by atoms with Crippen LogP contribution in [0, 0.1) is 11.3 Å². The summed E-state index contributed by atoms with van der Waals surface area (Å²) in [7, 11) is 3.51. The molecule has 2 rings (SSSR count). The molecule has 0 heterocycles. The summed E-state index contributed by atoms with van der Waals surface area (Å²) >= 11 is 0. The maximum atomic E-state index is 9.57. The van der Waals surface area contributed by atoms with E-state index in [1.54, 1.807) is 7.11 Å². The molecule has 0 fully saturated rings. The quantitative estimate of drug-likeness (QED) is 0.275. The lowest BCUT2D eigenvalue weighted by atomic mass is 10.0. The van der Waals surface area contributed by atoms with E-state index in [1.165, 1.54) is 0 Å². The van der Waals surface area contributed by atoms with Crippen molar-refractivity contribution < 1.29 is 14.3 Å². The van der Waals surface area contributed by atoms with Crippen molar-refractivity contribution in [3.63, 3.8) is 0 Å². The van der Waals surface area contributed by atoms with Crippen LogP contribution in [0.3, 0.4) is 0 Å². The van der Waals surface area contributed by atoms with Crippen LogP contribution in [-0.4, -0.2) is 33.8 Å². The van der Waals surface area contributed by atoms with Gasteiger partial charge in [0.25, 0.3) is 6.47 Å². The minimum atomic E-state index is 0.462. The lowest BCUT2D eigenvalue weighted by Gasteiger charge is -2.12. The fourth-order valence-electron chi connectivity index (χ4n) is 2.47. The third-order valence-electron chi connectivity index (χ3n) is 3.90. The number of nitrogens with one attached hydrogen (secondary N) is 2. The van der Waals surface area contributed by atoms with E-state index in [0.717, 1.165) is 41.2 Å². The predicted octanol–water partition coefficient (Wildman–Crippen LogP) is 4.80. The predicted molar refractivity (Wildman–Crippen MR) is 119 cm³/mol. The maximum absolute atomic E-state index is 9.57. The lowest BCUT2D eigenvalue weighted by molar-refractivity contribution is -0.128. The van der Waals surface area contributed by atoms with Crippen molar-refractivity contribution in [3.05, 3.63) is 53.6 Å². The van der Waals surface area contributed by atoms with Crippen molar-refractivity contribution in [2.75, 3.05) is 37.9 Å². The Bertz CT molecular complexity index is 824. The average Bonchev–Trinajstić information content (AvgIpc) is 2.77. The van der Waals surface area contributed by atoms with E-state index in [-0.39, 0.29) is 0 Å². The molecule has 2 aromatic rings. The van der Waals surface area contributed by atoms with Crippen molar-refractivity contribution >= 4 is 29.5 Å². The number of anilines is 2. The van der Waals surface area contributed by atoms with Gasteiger partial charge in [-0.1, -0.05) is 19.1 Å². The van der Waals surface area contributed by atoms with Gasteiger partial charge < -0.3 is 20.1 Å². The Balaban J connectivity index is 0.000000612. The number of nitrogens with zero attached hydrogens (tertiary/aromatic N) is 1. The first-order valence-electron chi connectivity index (χ1n) is 9.50. The van der Waals surface area contributed by atoms with Crippen LogP contribution in [0.1, 0.15) is 31.4 Å². The van der Waals surface area contributed by atoms with Gasteiger partial charge in [0.15, 0.2) is 0 Å². The number of allylic oxidation sites excluding steroid dienone is 1. The second kappa shape index (κ2) is 13.7. The lowest BCUT2D eigenvalue weighted by Crippen LogP contribution is -2.01. The highest BCUT2D eigenvalue weighted by molar-refractivity contribution is 5.94. The molecule has 29 heavy (non-hydrogen) atoms. The van der Waals surface area contributed by atoms with Crippen molar-refractivity contribution in [2.24, 2.45) is 0 Å². The van der Waals surface area contributed by atoms with E-state index in [1.807, 2.05) is 69.4 Å². The summed E-state index contributed by atoms with van der Waals surface area (Å²) in [6.07, 6.45) is 2.79. The Labute approximate surface area is 173 Å². The largest absolute Gasteiger partial charge is 0.497 e.